The van der Waals surface area contributed by atoms with Crippen LogP contribution in [0.4, 0.5) is 0 Å². The van der Waals surface area contributed by atoms with Crippen LogP contribution in [0, 0.1) is 12.3 Å². The Morgan fingerprint density at radius 1 is 1.24 bits per heavy atom. The highest BCUT2D eigenvalue weighted by Crippen LogP contribution is 2.16. The van der Waals surface area contributed by atoms with Crippen LogP contribution >= 0.6 is 0 Å². The van der Waals surface area contributed by atoms with E-state index in [4.69, 9.17) is 10.4 Å². The number of hydrogen-bond acceptors (Lipinski definition) is 2. The molecule has 0 amide bonds. The smallest absolute Gasteiger partial charge is 0.135 e. The number of aryl methyl sites for hydroxylation is 2. The second-order valence-electron chi connectivity index (χ2n) is 4.81. The van der Waals surface area contributed by atoms with Gasteiger partial charge in [-0.3, -0.25) is 5.41 Å². The third kappa shape index (κ3) is 1.66. The molecule has 1 aliphatic heterocycles. The molecule has 17 heavy (non-hydrogen) atoms. The molecule has 2 aromatic rings. The molecular formula is C14H17N3. The van der Waals surface area contributed by atoms with E-state index in [2.05, 4.69) is 17.6 Å². The van der Waals surface area contributed by atoms with E-state index in [1.807, 2.05) is 12.1 Å². The van der Waals surface area contributed by atoms with E-state index in [1.54, 1.807) is 0 Å². The Bertz CT molecular complexity index is 625. The first-order chi connectivity index (χ1) is 8.27. The lowest BCUT2D eigenvalue weighted by atomic mass is 10.1. The molecule has 0 saturated heterocycles. The van der Waals surface area contributed by atoms with Crippen molar-refractivity contribution in [2.45, 2.75) is 39.2 Å². The first-order valence-corrected chi connectivity index (χ1v) is 6.31. The Morgan fingerprint density at radius 3 is 3.00 bits per heavy atom. The zero-order valence-electron chi connectivity index (χ0n) is 10.2. The minimum atomic E-state index is 0.644. The van der Waals surface area contributed by atoms with Crippen LogP contribution in [0.3, 0.4) is 0 Å². The highest BCUT2D eigenvalue weighted by molar-refractivity contribution is 5.80. The quantitative estimate of drug-likeness (QED) is 0.738. The molecule has 0 saturated carbocycles. The SMILES string of the molecule is Cc1cccc2nc3n(c(=N)c12)CCCCC3. The number of rotatable bonds is 0. The molecule has 0 unspecified atom stereocenters. The highest BCUT2D eigenvalue weighted by atomic mass is 15.1. The minimum absolute atomic E-state index is 0.644. The molecule has 3 heteroatoms. The van der Waals surface area contributed by atoms with Gasteiger partial charge in [0.25, 0.3) is 0 Å². The summed E-state index contributed by atoms with van der Waals surface area (Å²) >= 11 is 0. The molecule has 0 aliphatic carbocycles. The van der Waals surface area contributed by atoms with Crippen molar-refractivity contribution in [2.75, 3.05) is 0 Å². The van der Waals surface area contributed by atoms with Gasteiger partial charge < -0.3 is 4.57 Å². The minimum Gasteiger partial charge on any atom is -0.314 e. The van der Waals surface area contributed by atoms with Crippen LogP contribution in [-0.4, -0.2) is 9.55 Å². The summed E-state index contributed by atoms with van der Waals surface area (Å²) in [6.07, 6.45) is 4.63. The summed E-state index contributed by atoms with van der Waals surface area (Å²) in [4.78, 5) is 4.74. The third-order valence-electron chi connectivity index (χ3n) is 3.60. The lowest BCUT2D eigenvalue weighted by Gasteiger charge is -2.12. The molecule has 3 nitrogen and oxygen atoms in total. The lowest BCUT2D eigenvalue weighted by molar-refractivity contribution is 0.602. The zero-order chi connectivity index (χ0) is 11.8. The molecule has 0 atom stereocenters. The summed E-state index contributed by atoms with van der Waals surface area (Å²) in [6, 6.07) is 6.11. The number of nitrogens with one attached hydrogen (secondary N) is 1. The van der Waals surface area contributed by atoms with Gasteiger partial charge in [0.15, 0.2) is 0 Å². The number of hydrogen-bond donors (Lipinski definition) is 1. The summed E-state index contributed by atoms with van der Waals surface area (Å²) in [5, 5.41) is 9.39. The maximum Gasteiger partial charge on any atom is 0.135 e. The van der Waals surface area contributed by atoms with Crippen LogP contribution in [0.25, 0.3) is 10.9 Å². The normalized spacial score (nSPS) is 15.6. The molecule has 1 aromatic heterocycles. The predicted molar refractivity (Wildman–Crippen MR) is 67.9 cm³/mol. The molecule has 0 spiro atoms. The first kappa shape index (κ1) is 10.5. The van der Waals surface area contributed by atoms with E-state index < -0.39 is 0 Å². The van der Waals surface area contributed by atoms with Gasteiger partial charge in [0.05, 0.1) is 5.52 Å². The predicted octanol–water partition coefficient (Wildman–Crippen LogP) is 2.55. The molecule has 0 bridgehead atoms. The van der Waals surface area contributed by atoms with Crippen LogP contribution in [0.15, 0.2) is 18.2 Å². The van der Waals surface area contributed by atoms with Gasteiger partial charge in [-0.15, -0.1) is 0 Å². The van der Waals surface area contributed by atoms with Crippen LogP contribution in [-0.2, 0) is 13.0 Å². The van der Waals surface area contributed by atoms with Crippen molar-refractivity contribution in [1.82, 2.24) is 9.55 Å². The van der Waals surface area contributed by atoms with E-state index in [-0.39, 0.29) is 0 Å². The maximum atomic E-state index is 8.38. The van der Waals surface area contributed by atoms with Crippen molar-refractivity contribution in [3.63, 3.8) is 0 Å². The standard InChI is InChI=1S/C14H17N3/c1-10-6-5-7-11-13(10)14(15)17-9-4-2-3-8-12(17)16-11/h5-7,15H,2-4,8-9H2,1H3. The van der Waals surface area contributed by atoms with Crippen LogP contribution in [0.5, 0.6) is 0 Å². The van der Waals surface area contributed by atoms with Crippen molar-refractivity contribution in [2.24, 2.45) is 0 Å². The van der Waals surface area contributed by atoms with Gasteiger partial charge >= 0.3 is 0 Å². The van der Waals surface area contributed by atoms with Gasteiger partial charge in [-0.1, -0.05) is 18.6 Å². The van der Waals surface area contributed by atoms with Crippen LogP contribution in [0.1, 0.15) is 30.7 Å². The summed E-state index contributed by atoms with van der Waals surface area (Å²) in [5.74, 6) is 1.09. The average Bonchev–Trinajstić information content (AvgIpc) is 2.54. The second-order valence-corrected chi connectivity index (χ2v) is 4.81. The van der Waals surface area contributed by atoms with Crippen LogP contribution in [0.2, 0.25) is 0 Å². The Kier molecular flexibility index (Phi) is 2.46. The fourth-order valence-electron chi connectivity index (χ4n) is 2.68. The van der Waals surface area contributed by atoms with E-state index in [9.17, 15) is 0 Å². The fourth-order valence-corrected chi connectivity index (χ4v) is 2.68. The monoisotopic (exact) mass is 227 g/mol. The molecule has 1 aliphatic rings. The summed E-state index contributed by atoms with van der Waals surface area (Å²) in [7, 11) is 0. The van der Waals surface area contributed by atoms with E-state index in [1.165, 1.54) is 19.3 Å². The van der Waals surface area contributed by atoms with Gasteiger partial charge in [-0.25, -0.2) is 4.98 Å². The molecule has 0 fully saturated rings. The molecule has 1 N–H and O–H groups in total. The lowest BCUT2D eigenvalue weighted by Crippen LogP contribution is -2.25. The number of aromatic nitrogens is 2. The van der Waals surface area contributed by atoms with Crippen LogP contribution < -0.4 is 5.49 Å². The fraction of sp³-hybridized carbons (Fsp3) is 0.429. The Labute approximate surface area is 101 Å². The average molecular weight is 227 g/mol. The molecule has 2 heterocycles. The number of benzene rings is 1. The topological polar surface area (TPSA) is 41.7 Å². The second kappa shape index (κ2) is 3.99. The van der Waals surface area contributed by atoms with E-state index in [0.29, 0.717) is 5.49 Å². The van der Waals surface area contributed by atoms with Crippen molar-refractivity contribution < 1.29 is 0 Å². The van der Waals surface area contributed by atoms with E-state index in [0.717, 1.165) is 35.3 Å². The molecule has 1 aromatic carbocycles. The summed E-state index contributed by atoms with van der Waals surface area (Å²) < 4.78 is 2.10. The van der Waals surface area contributed by atoms with Crippen molar-refractivity contribution in [1.29, 1.82) is 5.41 Å². The van der Waals surface area contributed by atoms with Crippen molar-refractivity contribution in [3.8, 4) is 0 Å². The molecular weight excluding hydrogens is 210 g/mol. The van der Waals surface area contributed by atoms with Crippen molar-refractivity contribution in [3.05, 3.63) is 35.1 Å². The number of fused-ring (bicyclic) bond motifs is 2. The zero-order valence-corrected chi connectivity index (χ0v) is 10.2. The highest BCUT2D eigenvalue weighted by Gasteiger charge is 2.12. The molecule has 0 radical (unpaired) electrons. The number of nitrogens with zero attached hydrogens (tertiary/aromatic N) is 2. The Hall–Kier alpha value is -1.64. The van der Waals surface area contributed by atoms with Gasteiger partial charge in [0.2, 0.25) is 0 Å². The van der Waals surface area contributed by atoms with E-state index >= 15 is 0 Å². The maximum absolute atomic E-state index is 8.38. The summed E-state index contributed by atoms with van der Waals surface area (Å²) in [5.41, 5.74) is 2.77. The Morgan fingerprint density at radius 2 is 2.12 bits per heavy atom. The van der Waals surface area contributed by atoms with Gasteiger partial charge in [0, 0.05) is 18.4 Å². The molecule has 3 rings (SSSR count). The first-order valence-electron chi connectivity index (χ1n) is 6.31. The largest absolute Gasteiger partial charge is 0.314 e. The van der Waals surface area contributed by atoms with Gasteiger partial charge in [-0.05, 0) is 31.4 Å². The third-order valence-corrected chi connectivity index (χ3v) is 3.60. The molecule has 88 valence electrons. The Balaban J connectivity index is 2.38. The summed E-state index contributed by atoms with van der Waals surface area (Å²) in [6.45, 7) is 3.01. The van der Waals surface area contributed by atoms with Crippen molar-refractivity contribution >= 4 is 10.9 Å². The van der Waals surface area contributed by atoms with Gasteiger partial charge in [-0.2, -0.15) is 0 Å². The van der Waals surface area contributed by atoms with Gasteiger partial charge in [0.1, 0.15) is 11.3 Å².